The minimum atomic E-state index is -4.43. The van der Waals surface area contributed by atoms with Crippen LogP contribution in [0.3, 0.4) is 0 Å². The zero-order valence-corrected chi connectivity index (χ0v) is 20.4. The fourth-order valence-corrected chi connectivity index (χ4v) is 4.65. The highest BCUT2D eigenvalue weighted by Gasteiger charge is 2.58. The number of amides is 3. The number of nitrogens with one attached hydrogen (secondary N) is 3. The molecule has 1 saturated heterocycles. The van der Waals surface area contributed by atoms with Gasteiger partial charge in [0.05, 0.1) is 23.5 Å². The molecule has 1 aromatic carbocycles. The van der Waals surface area contributed by atoms with Gasteiger partial charge in [-0.15, -0.1) is 0 Å². The molecular weight excluding hydrogens is 503 g/mol. The summed E-state index contributed by atoms with van der Waals surface area (Å²) < 4.78 is 38.1. The first-order chi connectivity index (χ1) is 18.0. The Hall–Kier alpha value is -4.06. The summed E-state index contributed by atoms with van der Waals surface area (Å²) >= 11 is 0. The van der Waals surface area contributed by atoms with Gasteiger partial charge in [0.2, 0.25) is 5.91 Å². The van der Waals surface area contributed by atoms with Crippen LogP contribution >= 0.6 is 0 Å². The van der Waals surface area contributed by atoms with Crippen molar-refractivity contribution in [1.82, 2.24) is 20.5 Å². The summed E-state index contributed by atoms with van der Waals surface area (Å²) in [5.41, 5.74) is -0.168. The number of hydrogen-bond acceptors (Lipinski definition) is 6. The maximum atomic E-state index is 12.9. The summed E-state index contributed by atoms with van der Waals surface area (Å²) in [5.74, 6) is -1.95. The number of aliphatic hydroxyl groups excluding tert-OH is 1. The van der Waals surface area contributed by atoms with E-state index >= 15 is 0 Å². The van der Waals surface area contributed by atoms with E-state index in [1.54, 1.807) is 30.0 Å². The molecule has 200 valence electrons. The first kappa shape index (κ1) is 27.0. The highest BCUT2D eigenvalue weighted by molar-refractivity contribution is 6.41. The molecule has 0 saturated carbocycles. The van der Waals surface area contributed by atoms with Crippen LogP contribution in [0, 0.1) is 23.7 Å². The summed E-state index contributed by atoms with van der Waals surface area (Å²) in [5, 5.41) is 22.3. The number of benzene rings is 1. The number of nitrogens with zero attached hydrogens (tertiary/aromatic N) is 2. The monoisotopic (exact) mass is 529 g/mol. The number of rotatable bonds is 9. The zero-order chi connectivity index (χ0) is 27.7. The number of fused-ring (bicyclic) bond motifs is 1. The Labute approximate surface area is 216 Å². The third kappa shape index (κ3) is 5.17. The molecule has 12 heteroatoms. The van der Waals surface area contributed by atoms with Crippen LogP contribution in [-0.4, -0.2) is 58.1 Å². The summed E-state index contributed by atoms with van der Waals surface area (Å²) in [4.78, 5) is 43.6. The van der Waals surface area contributed by atoms with Crippen molar-refractivity contribution in [3.05, 3.63) is 76.6 Å². The number of aromatic nitrogens is 1. The van der Waals surface area contributed by atoms with Crippen LogP contribution in [0.15, 0.2) is 48.7 Å². The average molecular weight is 530 g/mol. The molecule has 1 fully saturated rings. The van der Waals surface area contributed by atoms with Crippen molar-refractivity contribution in [2.24, 2.45) is 11.3 Å². The van der Waals surface area contributed by atoms with E-state index < -0.39 is 34.9 Å². The topological polar surface area (TPSA) is 135 Å². The Kier molecular flexibility index (Phi) is 7.36. The molecule has 2 heterocycles. The zero-order valence-electron chi connectivity index (χ0n) is 20.4. The van der Waals surface area contributed by atoms with Crippen molar-refractivity contribution in [3.63, 3.8) is 0 Å². The van der Waals surface area contributed by atoms with Crippen molar-refractivity contribution >= 4 is 23.4 Å². The molecule has 38 heavy (non-hydrogen) atoms. The van der Waals surface area contributed by atoms with Gasteiger partial charge in [-0.25, -0.2) is 0 Å². The highest BCUT2D eigenvalue weighted by atomic mass is 19.4. The number of aryl methyl sites for hydroxylation is 1. The Morgan fingerprint density at radius 1 is 1.21 bits per heavy atom. The van der Waals surface area contributed by atoms with E-state index in [9.17, 15) is 27.6 Å². The van der Waals surface area contributed by atoms with Gasteiger partial charge in [0.15, 0.2) is 0 Å². The maximum absolute atomic E-state index is 12.9. The number of carbonyl (C=O) groups is 3. The summed E-state index contributed by atoms with van der Waals surface area (Å²) in [6.45, 7) is 1.78. The molecule has 4 rings (SSSR count). The van der Waals surface area contributed by atoms with Crippen molar-refractivity contribution in [2.45, 2.75) is 26.2 Å². The molecule has 0 bridgehead atoms. The lowest BCUT2D eigenvalue weighted by atomic mass is 9.65. The van der Waals surface area contributed by atoms with E-state index in [0.717, 1.165) is 12.1 Å². The second-order valence-corrected chi connectivity index (χ2v) is 9.31. The minimum Gasteiger partial charge on any atom is -0.395 e. The molecule has 2 aliphatic rings. The fourth-order valence-electron chi connectivity index (χ4n) is 4.65. The lowest BCUT2D eigenvalue weighted by molar-refractivity contribution is -0.137. The molecule has 9 nitrogen and oxygen atoms in total. The molecular formula is C26H26F3N5O4. The van der Waals surface area contributed by atoms with E-state index in [2.05, 4.69) is 15.6 Å². The van der Waals surface area contributed by atoms with Crippen LogP contribution in [0.4, 0.5) is 13.2 Å². The van der Waals surface area contributed by atoms with Crippen molar-refractivity contribution in [1.29, 1.82) is 5.41 Å². The SMILES string of the molecule is Cc1cc(CN2CC3(C(=N)C(=O)NCCO)C=CC3C2=O)cnc1C(=O)NCc1ccc(C(F)(F)F)cc1. The van der Waals surface area contributed by atoms with Crippen LogP contribution in [0.2, 0.25) is 0 Å². The van der Waals surface area contributed by atoms with Gasteiger partial charge in [-0.2, -0.15) is 13.2 Å². The number of alkyl halides is 3. The summed E-state index contributed by atoms with van der Waals surface area (Å²) in [7, 11) is 0. The summed E-state index contributed by atoms with van der Waals surface area (Å²) in [6.07, 6.45) is 0.387. The smallest absolute Gasteiger partial charge is 0.395 e. The first-order valence-corrected chi connectivity index (χ1v) is 11.8. The molecule has 4 N–H and O–H groups in total. The maximum Gasteiger partial charge on any atom is 0.416 e. The number of likely N-dealkylation sites (tertiary alicyclic amines) is 1. The van der Waals surface area contributed by atoms with Gasteiger partial charge in [0.1, 0.15) is 11.4 Å². The van der Waals surface area contributed by atoms with Gasteiger partial charge in [-0.1, -0.05) is 30.4 Å². The predicted molar refractivity (Wildman–Crippen MR) is 130 cm³/mol. The van der Waals surface area contributed by atoms with E-state index in [0.29, 0.717) is 16.7 Å². The predicted octanol–water partition coefficient (Wildman–Crippen LogP) is 1.98. The van der Waals surface area contributed by atoms with Crippen LogP contribution in [-0.2, 0) is 28.9 Å². The van der Waals surface area contributed by atoms with Crippen molar-refractivity contribution in [2.75, 3.05) is 19.7 Å². The van der Waals surface area contributed by atoms with Gasteiger partial charge in [0.25, 0.3) is 11.8 Å². The largest absolute Gasteiger partial charge is 0.416 e. The molecule has 1 aliphatic heterocycles. The standard InChI is InChI=1S/C26H26F3N5O4/c1-15-10-17(12-32-20(15)22(36)33-11-16-2-4-18(5-3-16)26(27,28)29)13-34-14-25(7-6-19(25)24(34)38)21(30)23(37)31-8-9-35/h2-7,10,12,19,30,35H,8-9,11,13-14H2,1H3,(H,31,37)(H,33,36). The van der Waals surface area contributed by atoms with E-state index in [-0.39, 0.29) is 50.1 Å². The molecule has 3 amide bonds. The quantitative estimate of drug-likeness (QED) is 0.291. The van der Waals surface area contributed by atoms with Crippen molar-refractivity contribution in [3.8, 4) is 0 Å². The van der Waals surface area contributed by atoms with Crippen LogP contribution < -0.4 is 10.6 Å². The molecule has 0 spiro atoms. The Morgan fingerprint density at radius 3 is 2.50 bits per heavy atom. The molecule has 2 aromatic rings. The number of carbonyl (C=O) groups excluding carboxylic acids is 3. The number of pyridine rings is 1. The Morgan fingerprint density at radius 2 is 1.92 bits per heavy atom. The van der Waals surface area contributed by atoms with E-state index in [1.807, 2.05) is 0 Å². The van der Waals surface area contributed by atoms with Crippen molar-refractivity contribution < 1.29 is 32.7 Å². The fraction of sp³-hybridized carbons (Fsp3) is 0.346. The molecule has 2 atom stereocenters. The highest BCUT2D eigenvalue weighted by Crippen LogP contribution is 2.47. The van der Waals surface area contributed by atoms with Crippen LogP contribution in [0.1, 0.15) is 32.7 Å². The van der Waals surface area contributed by atoms with Crippen LogP contribution in [0.5, 0.6) is 0 Å². The van der Waals surface area contributed by atoms with E-state index in [1.165, 1.54) is 18.3 Å². The Balaban J connectivity index is 1.38. The lowest BCUT2D eigenvalue weighted by Gasteiger charge is -2.35. The average Bonchev–Trinajstić information content (AvgIpc) is 3.04. The van der Waals surface area contributed by atoms with Gasteiger partial charge in [-0.05, 0) is 35.7 Å². The minimum absolute atomic E-state index is 0.0124. The lowest BCUT2D eigenvalue weighted by Crippen LogP contribution is -2.49. The normalized spacial score (nSPS) is 20.1. The van der Waals surface area contributed by atoms with Crippen LogP contribution in [0.25, 0.3) is 0 Å². The van der Waals surface area contributed by atoms with Gasteiger partial charge >= 0.3 is 6.18 Å². The first-order valence-electron chi connectivity index (χ1n) is 11.8. The van der Waals surface area contributed by atoms with Gasteiger partial charge in [-0.3, -0.25) is 24.8 Å². The second kappa shape index (κ2) is 10.4. The number of halogens is 3. The second-order valence-electron chi connectivity index (χ2n) is 9.31. The molecule has 0 radical (unpaired) electrons. The third-order valence-corrected chi connectivity index (χ3v) is 6.72. The van der Waals surface area contributed by atoms with Gasteiger partial charge < -0.3 is 20.6 Å². The molecule has 1 aliphatic carbocycles. The molecule has 2 unspecified atom stereocenters. The third-order valence-electron chi connectivity index (χ3n) is 6.72. The molecule has 1 aromatic heterocycles. The van der Waals surface area contributed by atoms with Gasteiger partial charge in [0, 0.05) is 32.4 Å². The Bertz CT molecular complexity index is 1310. The number of hydrogen-bond donors (Lipinski definition) is 4. The summed E-state index contributed by atoms with van der Waals surface area (Å²) in [6, 6.07) is 6.21. The number of aliphatic hydroxyl groups is 1. The van der Waals surface area contributed by atoms with E-state index in [4.69, 9.17) is 10.5 Å².